The zero-order valence-electron chi connectivity index (χ0n) is 21.6. The first kappa shape index (κ1) is 29.5. The van der Waals surface area contributed by atoms with Gasteiger partial charge in [-0.2, -0.15) is 0 Å². The average molecular weight is 592 g/mol. The van der Waals surface area contributed by atoms with Gasteiger partial charge in [0.25, 0.3) is 0 Å². The van der Waals surface area contributed by atoms with E-state index >= 15 is 0 Å². The molecule has 0 aromatic heterocycles. The summed E-state index contributed by atoms with van der Waals surface area (Å²) in [6, 6.07) is 16.7. The number of carboxylic acid groups (broad SMARTS) is 1. The number of rotatable bonds is 8. The summed E-state index contributed by atoms with van der Waals surface area (Å²) < 4.78 is 61.6. The molecule has 0 bridgehead atoms. The second kappa shape index (κ2) is 11.9. The number of benzene rings is 3. The molecule has 1 N–H and O–H groups in total. The third-order valence-corrected chi connectivity index (χ3v) is 9.91. The van der Waals surface area contributed by atoms with Crippen LogP contribution in [-0.2, 0) is 24.8 Å². The number of halogens is 3. The van der Waals surface area contributed by atoms with Crippen LogP contribution in [0.5, 0.6) is 0 Å². The van der Waals surface area contributed by atoms with Gasteiger partial charge in [0.15, 0.2) is 9.84 Å². The summed E-state index contributed by atoms with van der Waals surface area (Å²) in [5.74, 6) is -3.68. The Balaban J connectivity index is 1.51. The molecule has 0 spiro atoms. The molecular weight excluding hydrogens is 564 g/mol. The normalized spacial score (nSPS) is 16.6. The molecule has 0 aliphatic carbocycles. The Kier molecular flexibility index (Phi) is 8.80. The van der Waals surface area contributed by atoms with Crippen molar-refractivity contribution in [2.24, 2.45) is 5.92 Å². The van der Waals surface area contributed by atoms with Crippen molar-refractivity contribution in [3.63, 3.8) is 0 Å². The molecule has 4 rings (SSSR count). The second-order valence-electron chi connectivity index (χ2n) is 9.88. The molecule has 0 saturated carbocycles. The lowest BCUT2D eigenvalue weighted by Gasteiger charge is -2.38. The molecule has 3 aromatic carbocycles. The van der Waals surface area contributed by atoms with Gasteiger partial charge in [-0.15, -0.1) is 0 Å². The van der Waals surface area contributed by atoms with E-state index in [-0.39, 0.29) is 36.4 Å². The summed E-state index contributed by atoms with van der Waals surface area (Å²) in [7, 11) is -4.27. The Morgan fingerprint density at radius 3 is 2.25 bits per heavy atom. The fourth-order valence-electron chi connectivity index (χ4n) is 5.12. The third kappa shape index (κ3) is 5.97. The molecule has 1 fully saturated rings. The molecule has 0 radical (unpaired) electrons. The van der Waals surface area contributed by atoms with Gasteiger partial charge in [-0.05, 0) is 60.9 Å². The maximum absolute atomic E-state index is 14.8. The number of carbonyl (C=O) groups is 2. The van der Waals surface area contributed by atoms with Crippen molar-refractivity contribution in [1.29, 1.82) is 0 Å². The summed E-state index contributed by atoms with van der Waals surface area (Å²) in [6.07, 6.45) is -0.417. The number of nitrogens with zero attached hydrogens (tertiary/aromatic N) is 1. The predicted molar refractivity (Wildman–Crippen MR) is 145 cm³/mol. The Labute approximate surface area is 236 Å². The van der Waals surface area contributed by atoms with Gasteiger partial charge in [0.2, 0.25) is 0 Å². The molecule has 3 aromatic rings. The van der Waals surface area contributed by atoms with Gasteiger partial charge in [0, 0.05) is 29.6 Å². The monoisotopic (exact) mass is 591 g/mol. The van der Waals surface area contributed by atoms with E-state index in [1.54, 1.807) is 30.3 Å². The van der Waals surface area contributed by atoms with E-state index < -0.39 is 56.7 Å². The number of aliphatic carboxylic acids is 1. The van der Waals surface area contributed by atoms with Crippen molar-refractivity contribution >= 4 is 33.5 Å². The quantitative estimate of drug-likeness (QED) is 0.344. The number of piperidine rings is 1. The van der Waals surface area contributed by atoms with E-state index in [4.69, 9.17) is 16.3 Å². The third-order valence-electron chi connectivity index (χ3n) is 7.34. The standard InChI is InChI=1S/C29H28ClF2NO6S/c1-19(18-39-28(36)33-15-13-29(14-16-33,27(34)35)20-5-3-2-4-6-20)26(24-17-22(31)9-12-25(24)32)40(37,38)23-10-7-21(30)8-11-23/h2-12,17,19,26H,13-16,18H2,1H3,(H,34,35)/t19-,26+/m1/s1. The highest BCUT2D eigenvalue weighted by Gasteiger charge is 2.44. The van der Waals surface area contributed by atoms with Gasteiger partial charge >= 0.3 is 12.1 Å². The molecule has 1 aliphatic rings. The van der Waals surface area contributed by atoms with Crippen molar-refractivity contribution in [1.82, 2.24) is 4.90 Å². The Hall–Kier alpha value is -3.50. The number of likely N-dealkylation sites (tertiary alicyclic amines) is 1. The van der Waals surface area contributed by atoms with E-state index in [0.717, 1.165) is 18.2 Å². The molecular formula is C29H28ClF2NO6S. The highest BCUT2D eigenvalue weighted by atomic mass is 35.5. The van der Waals surface area contributed by atoms with Crippen LogP contribution in [0.3, 0.4) is 0 Å². The van der Waals surface area contributed by atoms with Gasteiger partial charge in [-0.25, -0.2) is 22.0 Å². The van der Waals surface area contributed by atoms with Gasteiger partial charge in [-0.1, -0.05) is 48.9 Å². The van der Waals surface area contributed by atoms with Crippen LogP contribution < -0.4 is 0 Å². The molecule has 2 atom stereocenters. The van der Waals surface area contributed by atoms with Gasteiger partial charge in [-0.3, -0.25) is 4.79 Å². The predicted octanol–water partition coefficient (Wildman–Crippen LogP) is 6.02. The van der Waals surface area contributed by atoms with Crippen molar-refractivity contribution in [2.45, 2.75) is 35.3 Å². The first-order valence-corrected chi connectivity index (χ1v) is 14.5. The summed E-state index contributed by atoms with van der Waals surface area (Å²) in [5, 5.41) is 8.71. The van der Waals surface area contributed by atoms with E-state index in [0.29, 0.717) is 10.6 Å². The lowest BCUT2D eigenvalue weighted by molar-refractivity contribution is -0.145. The second-order valence-corrected chi connectivity index (χ2v) is 12.4. The number of carbonyl (C=O) groups excluding carboxylic acids is 1. The Morgan fingerprint density at radius 2 is 1.65 bits per heavy atom. The maximum atomic E-state index is 14.8. The van der Waals surface area contributed by atoms with Crippen LogP contribution in [0.2, 0.25) is 5.02 Å². The number of ether oxygens (including phenoxy) is 1. The molecule has 0 unspecified atom stereocenters. The lowest BCUT2D eigenvalue weighted by atomic mass is 9.73. The highest BCUT2D eigenvalue weighted by molar-refractivity contribution is 7.91. The maximum Gasteiger partial charge on any atom is 0.409 e. The minimum absolute atomic E-state index is 0.111. The topological polar surface area (TPSA) is 101 Å². The summed E-state index contributed by atoms with van der Waals surface area (Å²) in [5.41, 5.74) is -0.875. The van der Waals surface area contributed by atoms with Crippen LogP contribution in [0.15, 0.2) is 77.7 Å². The fourth-order valence-corrected chi connectivity index (χ4v) is 7.26. The van der Waals surface area contributed by atoms with Crippen LogP contribution >= 0.6 is 11.6 Å². The lowest BCUT2D eigenvalue weighted by Crippen LogP contribution is -2.49. The zero-order valence-corrected chi connectivity index (χ0v) is 23.2. The summed E-state index contributed by atoms with van der Waals surface area (Å²) in [4.78, 5) is 26.3. The molecule has 1 saturated heterocycles. The van der Waals surface area contributed by atoms with Crippen molar-refractivity contribution in [3.8, 4) is 0 Å². The first-order chi connectivity index (χ1) is 19.0. The smallest absolute Gasteiger partial charge is 0.409 e. The van der Waals surface area contributed by atoms with E-state index in [1.807, 2.05) is 0 Å². The van der Waals surface area contributed by atoms with E-state index in [2.05, 4.69) is 0 Å². The summed E-state index contributed by atoms with van der Waals surface area (Å²) in [6.45, 7) is 1.28. The number of hydrogen-bond donors (Lipinski definition) is 1. The molecule has 212 valence electrons. The largest absolute Gasteiger partial charge is 0.481 e. The molecule has 11 heteroatoms. The molecule has 40 heavy (non-hydrogen) atoms. The minimum atomic E-state index is -4.27. The molecule has 7 nitrogen and oxygen atoms in total. The van der Waals surface area contributed by atoms with Crippen molar-refractivity contribution < 1.29 is 36.6 Å². The van der Waals surface area contributed by atoms with Gasteiger partial charge < -0.3 is 14.7 Å². The van der Waals surface area contributed by atoms with Crippen molar-refractivity contribution in [2.75, 3.05) is 19.7 Å². The van der Waals surface area contributed by atoms with E-state index in [1.165, 1.54) is 36.1 Å². The first-order valence-electron chi connectivity index (χ1n) is 12.6. The molecule has 1 amide bonds. The SMILES string of the molecule is C[C@H](COC(=O)N1CCC(C(=O)O)(c2ccccc2)CC1)[C@@H](c1cc(F)ccc1F)S(=O)(=O)c1ccc(Cl)cc1. The minimum Gasteiger partial charge on any atom is -0.481 e. The van der Waals surface area contributed by atoms with Crippen LogP contribution in [0.1, 0.15) is 36.1 Å². The van der Waals surface area contributed by atoms with E-state index in [9.17, 15) is 31.9 Å². The molecule has 1 heterocycles. The fraction of sp³-hybridized carbons (Fsp3) is 0.310. The number of carboxylic acids is 1. The number of amides is 1. The molecule has 1 aliphatic heterocycles. The average Bonchev–Trinajstić information content (AvgIpc) is 2.94. The zero-order chi connectivity index (χ0) is 29.1. The number of hydrogen-bond acceptors (Lipinski definition) is 5. The highest BCUT2D eigenvalue weighted by Crippen LogP contribution is 2.39. The Morgan fingerprint density at radius 1 is 1.02 bits per heavy atom. The van der Waals surface area contributed by atoms with Crippen LogP contribution in [0, 0.1) is 17.6 Å². The van der Waals surface area contributed by atoms with Crippen LogP contribution in [0.25, 0.3) is 0 Å². The van der Waals surface area contributed by atoms with Crippen LogP contribution in [-0.4, -0.2) is 50.2 Å². The van der Waals surface area contributed by atoms with Crippen molar-refractivity contribution in [3.05, 3.63) is 101 Å². The van der Waals surface area contributed by atoms with Gasteiger partial charge in [0.1, 0.15) is 11.6 Å². The Bertz CT molecular complexity index is 1480. The summed E-state index contributed by atoms with van der Waals surface area (Å²) >= 11 is 5.90. The number of sulfone groups is 1. The van der Waals surface area contributed by atoms with Gasteiger partial charge in [0.05, 0.1) is 22.2 Å². The van der Waals surface area contributed by atoms with Crippen LogP contribution in [0.4, 0.5) is 13.6 Å².